The molecule has 0 saturated carbocycles. The van der Waals surface area contributed by atoms with Crippen LogP contribution in [-0.4, -0.2) is 47.5 Å². The molecule has 1 heterocycles. The fourth-order valence-electron chi connectivity index (χ4n) is 2.03. The maximum atomic E-state index is 12.1. The van der Waals surface area contributed by atoms with E-state index in [9.17, 15) is 4.79 Å². The third-order valence-corrected chi connectivity index (χ3v) is 4.33. The first-order chi connectivity index (χ1) is 7.69. The average Bonchev–Trinajstić information content (AvgIpc) is 2.31. The highest BCUT2D eigenvalue weighted by Crippen LogP contribution is 2.13. The Morgan fingerprint density at radius 3 is 2.81 bits per heavy atom. The molecule has 1 N–H and O–H groups in total. The van der Waals surface area contributed by atoms with Crippen molar-refractivity contribution in [2.75, 3.05) is 24.6 Å². The summed E-state index contributed by atoms with van der Waals surface area (Å²) >= 11 is 1.95. The number of nitrogens with zero attached hydrogens (tertiary/aromatic N) is 1. The molecule has 1 aliphatic rings. The van der Waals surface area contributed by atoms with Crippen LogP contribution < -0.4 is 5.32 Å². The minimum atomic E-state index is 0.303. The SMILES string of the molecule is CCC(C)N(CC)C(=O)CC1CSCCN1. The molecule has 0 spiro atoms. The van der Waals surface area contributed by atoms with Crippen LogP contribution in [0.1, 0.15) is 33.6 Å². The standard InChI is InChI=1S/C12H24N2OS/c1-4-10(3)14(5-2)12(15)8-11-9-16-7-6-13-11/h10-11,13H,4-9H2,1-3H3. The molecule has 16 heavy (non-hydrogen) atoms. The third kappa shape index (κ3) is 3.98. The second-order valence-electron chi connectivity index (χ2n) is 4.37. The number of hydrogen-bond acceptors (Lipinski definition) is 3. The van der Waals surface area contributed by atoms with Crippen LogP contribution >= 0.6 is 11.8 Å². The Morgan fingerprint density at radius 2 is 2.31 bits per heavy atom. The lowest BCUT2D eigenvalue weighted by molar-refractivity contribution is -0.133. The normalized spacial score (nSPS) is 22.8. The second kappa shape index (κ2) is 7.17. The van der Waals surface area contributed by atoms with Gasteiger partial charge in [0.1, 0.15) is 0 Å². The Morgan fingerprint density at radius 1 is 1.56 bits per heavy atom. The molecule has 1 saturated heterocycles. The van der Waals surface area contributed by atoms with Crippen molar-refractivity contribution in [1.82, 2.24) is 10.2 Å². The number of hydrogen-bond donors (Lipinski definition) is 1. The molecular formula is C12H24N2OS. The smallest absolute Gasteiger partial charge is 0.224 e. The second-order valence-corrected chi connectivity index (χ2v) is 5.52. The molecule has 2 atom stereocenters. The summed E-state index contributed by atoms with van der Waals surface area (Å²) in [5.41, 5.74) is 0. The van der Waals surface area contributed by atoms with Gasteiger partial charge in [-0.05, 0) is 20.3 Å². The Bertz CT molecular complexity index is 217. The first-order valence-corrected chi connectivity index (χ1v) is 7.45. The molecular weight excluding hydrogens is 220 g/mol. The van der Waals surface area contributed by atoms with Crippen molar-refractivity contribution < 1.29 is 4.79 Å². The van der Waals surface area contributed by atoms with Gasteiger partial charge in [-0.3, -0.25) is 4.79 Å². The van der Waals surface area contributed by atoms with Gasteiger partial charge in [0.2, 0.25) is 5.91 Å². The summed E-state index contributed by atoms with van der Waals surface area (Å²) in [7, 11) is 0. The number of carbonyl (C=O) groups excluding carboxylic acids is 1. The largest absolute Gasteiger partial charge is 0.340 e. The molecule has 1 fully saturated rings. The highest BCUT2D eigenvalue weighted by Gasteiger charge is 2.22. The topological polar surface area (TPSA) is 32.3 Å². The van der Waals surface area contributed by atoms with Crippen LogP contribution in [0.5, 0.6) is 0 Å². The molecule has 94 valence electrons. The van der Waals surface area contributed by atoms with Gasteiger partial charge in [0, 0.05) is 43.1 Å². The molecule has 3 nitrogen and oxygen atoms in total. The molecule has 0 aliphatic carbocycles. The number of rotatable bonds is 5. The Hall–Kier alpha value is -0.220. The van der Waals surface area contributed by atoms with E-state index in [-0.39, 0.29) is 0 Å². The van der Waals surface area contributed by atoms with E-state index >= 15 is 0 Å². The van der Waals surface area contributed by atoms with E-state index in [1.54, 1.807) is 0 Å². The van der Waals surface area contributed by atoms with E-state index in [2.05, 4.69) is 26.1 Å². The van der Waals surface area contributed by atoms with Crippen LogP contribution in [0.2, 0.25) is 0 Å². The van der Waals surface area contributed by atoms with Crippen LogP contribution in [0.15, 0.2) is 0 Å². The monoisotopic (exact) mass is 244 g/mol. The summed E-state index contributed by atoms with van der Waals surface area (Å²) < 4.78 is 0. The highest BCUT2D eigenvalue weighted by atomic mass is 32.2. The molecule has 0 aromatic rings. The fourth-order valence-corrected chi connectivity index (χ4v) is 2.98. The summed E-state index contributed by atoms with van der Waals surface area (Å²) in [4.78, 5) is 14.1. The van der Waals surface area contributed by atoms with Crippen molar-refractivity contribution in [3.63, 3.8) is 0 Å². The van der Waals surface area contributed by atoms with E-state index in [1.165, 1.54) is 5.75 Å². The van der Waals surface area contributed by atoms with Crippen molar-refractivity contribution in [3.8, 4) is 0 Å². The zero-order valence-corrected chi connectivity index (χ0v) is 11.5. The maximum Gasteiger partial charge on any atom is 0.224 e. The van der Waals surface area contributed by atoms with E-state index < -0.39 is 0 Å². The van der Waals surface area contributed by atoms with Crippen LogP contribution in [-0.2, 0) is 4.79 Å². The zero-order chi connectivity index (χ0) is 12.0. The lowest BCUT2D eigenvalue weighted by atomic mass is 10.1. The summed E-state index contributed by atoms with van der Waals surface area (Å²) in [6.45, 7) is 8.19. The lowest BCUT2D eigenvalue weighted by Crippen LogP contribution is -2.45. The summed E-state index contributed by atoms with van der Waals surface area (Å²) in [5.74, 6) is 2.55. The third-order valence-electron chi connectivity index (χ3n) is 3.20. The van der Waals surface area contributed by atoms with Gasteiger partial charge in [0.05, 0.1) is 0 Å². The molecule has 2 unspecified atom stereocenters. The maximum absolute atomic E-state index is 12.1. The van der Waals surface area contributed by atoms with Crippen LogP contribution in [0.3, 0.4) is 0 Å². The number of thioether (sulfide) groups is 1. The molecule has 1 rings (SSSR count). The first kappa shape index (κ1) is 13.8. The Kier molecular flexibility index (Phi) is 6.21. The highest BCUT2D eigenvalue weighted by molar-refractivity contribution is 7.99. The quantitative estimate of drug-likeness (QED) is 0.799. The molecule has 0 radical (unpaired) electrons. The predicted molar refractivity (Wildman–Crippen MR) is 70.9 cm³/mol. The van der Waals surface area contributed by atoms with E-state index in [4.69, 9.17) is 0 Å². The van der Waals surface area contributed by atoms with Crippen LogP contribution in [0.25, 0.3) is 0 Å². The minimum Gasteiger partial charge on any atom is -0.340 e. The molecule has 1 amide bonds. The summed E-state index contributed by atoms with van der Waals surface area (Å²) in [6, 6.07) is 0.748. The Balaban J connectivity index is 2.41. The van der Waals surface area contributed by atoms with Gasteiger partial charge in [-0.2, -0.15) is 11.8 Å². The first-order valence-electron chi connectivity index (χ1n) is 6.29. The molecule has 0 aromatic heterocycles. The van der Waals surface area contributed by atoms with Crippen molar-refractivity contribution in [1.29, 1.82) is 0 Å². The van der Waals surface area contributed by atoms with Crippen molar-refractivity contribution in [3.05, 3.63) is 0 Å². The van der Waals surface area contributed by atoms with Crippen molar-refractivity contribution in [2.24, 2.45) is 0 Å². The lowest BCUT2D eigenvalue weighted by Gasteiger charge is -2.30. The van der Waals surface area contributed by atoms with Crippen LogP contribution in [0, 0.1) is 0 Å². The van der Waals surface area contributed by atoms with Crippen LogP contribution in [0.4, 0.5) is 0 Å². The zero-order valence-electron chi connectivity index (χ0n) is 10.7. The van der Waals surface area contributed by atoms with Crippen molar-refractivity contribution >= 4 is 17.7 Å². The van der Waals surface area contributed by atoms with E-state index in [1.807, 2.05) is 16.7 Å². The van der Waals surface area contributed by atoms with Gasteiger partial charge in [-0.25, -0.2) is 0 Å². The van der Waals surface area contributed by atoms with Gasteiger partial charge in [-0.1, -0.05) is 6.92 Å². The van der Waals surface area contributed by atoms with Crippen molar-refractivity contribution in [2.45, 2.75) is 45.7 Å². The number of amides is 1. The summed E-state index contributed by atoms with van der Waals surface area (Å²) in [6.07, 6.45) is 1.69. The molecule has 0 aromatic carbocycles. The molecule has 1 aliphatic heterocycles. The fraction of sp³-hybridized carbons (Fsp3) is 0.917. The molecule has 4 heteroatoms. The average molecular weight is 244 g/mol. The van der Waals surface area contributed by atoms with Gasteiger partial charge in [0.25, 0.3) is 0 Å². The van der Waals surface area contributed by atoms with E-state index in [0.29, 0.717) is 24.4 Å². The van der Waals surface area contributed by atoms with Gasteiger partial charge >= 0.3 is 0 Å². The number of nitrogens with one attached hydrogen (secondary N) is 1. The van der Waals surface area contributed by atoms with Gasteiger partial charge in [-0.15, -0.1) is 0 Å². The minimum absolute atomic E-state index is 0.303. The summed E-state index contributed by atoms with van der Waals surface area (Å²) in [5, 5.41) is 3.42. The number of carbonyl (C=O) groups is 1. The van der Waals surface area contributed by atoms with Gasteiger partial charge < -0.3 is 10.2 Å². The van der Waals surface area contributed by atoms with E-state index in [0.717, 1.165) is 25.3 Å². The predicted octanol–water partition coefficient (Wildman–Crippen LogP) is 1.73. The van der Waals surface area contributed by atoms with Gasteiger partial charge in [0.15, 0.2) is 0 Å². The Labute approximate surface area is 103 Å². The molecule has 0 bridgehead atoms.